The molecule has 0 saturated heterocycles. The quantitative estimate of drug-likeness (QED) is 0.539. The largest absolute Gasteiger partial charge is 0.479 e. The fraction of sp³-hybridized carbons (Fsp3) is 0.875. The van der Waals surface area contributed by atoms with Crippen LogP contribution in [0, 0.1) is 0 Å². The zero-order chi connectivity index (χ0) is 9.56. The number of carboxylic acid groups (broad SMARTS) is 1. The van der Waals surface area contributed by atoms with E-state index >= 15 is 0 Å². The predicted octanol–water partition coefficient (Wildman–Crippen LogP) is 0.210. The van der Waals surface area contributed by atoms with Crippen LogP contribution in [0.4, 0.5) is 0 Å². The van der Waals surface area contributed by atoms with Gasteiger partial charge < -0.3 is 15.5 Å². The van der Waals surface area contributed by atoms with Crippen LogP contribution in [0.5, 0.6) is 0 Å². The summed E-state index contributed by atoms with van der Waals surface area (Å²) < 4.78 is 0. The van der Waals surface area contributed by atoms with Crippen molar-refractivity contribution in [3.8, 4) is 0 Å². The molecule has 0 aromatic rings. The van der Waals surface area contributed by atoms with E-state index in [0.717, 1.165) is 12.8 Å². The van der Waals surface area contributed by atoms with Crippen molar-refractivity contribution in [2.24, 2.45) is 0 Å². The third-order valence-corrected chi connectivity index (χ3v) is 1.67. The Hall–Kier alpha value is -0.610. The summed E-state index contributed by atoms with van der Waals surface area (Å²) in [6.45, 7) is 4.15. The van der Waals surface area contributed by atoms with Crippen molar-refractivity contribution in [3.05, 3.63) is 0 Å². The second-order valence-electron chi connectivity index (χ2n) is 2.95. The number of nitrogens with one attached hydrogen (secondary N) is 1. The number of aliphatic hydroxyl groups is 1. The number of carboxylic acids is 1. The van der Waals surface area contributed by atoms with Crippen molar-refractivity contribution in [3.63, 3.8) is 0 Å². The van der Waals surface area contributed by atoms with Crippen LogP contribution in [0.3, 0.4) is 0 Å². The lowest BCUT2D eigenvalue weighted by Gasteiger charge is -2.13. The molecule has 0 aliphatic rings. The normalized spacial score (nSPS) is 15.6. The lowest BCUT2D eigenvalue weighted by Crippen LogP contribution is -2.37. The molecule has 12 heavy (non-hydrogen) atoms. The van der Waals surface area contributed by atoms with Gasteiger partial charge in [-0.1, -0.05) is 13.3 Å². The minimum Gasteiger partial charge on any atom is -0.479 e. The maximum Gasteiger partial charge on any atom is 0.333 e. The number of hydrogen-bond donors (Lipinski definition) is 3. The van der Waals surface area contributed by atoms with E-state index < -0.39 is 12.1 Å². The first-order chi connectivity index (χ1) is 5.57. The van der Waals surface area contributed by atoms with Gasteiger partial charge in [0.05, 0.1) is 0 Å². The van der Waals surface area contributed by atoms with E-state index in [9.17, 15) is 4.79 Å². The summed E-state index contributed by atoms with van der Waals surface area (Å²) in [5.74, 6) is -1.17. The predicted molar refractivity (Wildman–Crippen MR) is 46.0 cm³/mol. The number of hydrogen-bond acceptors (Lipinski definition) is 3. The molecule has 2 unspecified atom stereocenters. The molecule has 0 amide bonds. The Morgan fingerprint density at radius 1 is 1.58 bits per heavy atom. The minimum atomic E-state index is -1.29. The van der Waals surface area contributed by atoms with E-state index in [2.05, 4.69) is 12.2 Å². The Morgan fingerprint density at radius 3 is 2.58 bits per heavy atom. The van der Waals surface area contributed by atoms with E-state index in [1.807, 2.05) is 6.92 Å². The van der Waals surface area contributed by atoms with Crippen LogP contribution in [0.25, 0.3) is 0 Å². The molecule has 0 aromatic carbocycles. The molecule has 0 saturated carbocycles. The molecule has 4 heteroatoms. The molecule has 0 spiro atoms. The summed E-state index contributed by atoms with van der Waals surface area (Å²) in [4.78, 5) is 10.2. The van der Waals surface area contributed by atoms with Gasteiger partial charge in [-0.15, -0.1) is 0 Å². The first-order valence-corrected chi connectivity index (χ1v) is 4.22. The molecule has 72 valence electrons. The molecular weight excluding hydrogens is 158 g/mol. The van der Waals surface area contributed by atoms with Crippen LogP contribution < -0.4 is 5.32 Å². The van der Waals surface area contributed by atoms with Gasteiger partial charge in [0.1, 0.15) is 0 Å². The van der Waals surface area contributed by atoms with Crippen LogP contribution in [-0.2, 0) is 4.79 Å². The molecule has 0 rings (SSSR count). The third-order valence-electron chi connectivity index (χ3n) is 1.67. The van der Waals surface area contributed by atoms with Gasteiger partial charge in [0.15, 0.2) is 6.10 Å². The van der Waals surface area contributed by atoms with Crippen molar-refractivity contribution in [1.29, 1.82) is 0 Å². The van der Waals surface area contributed by atoms with Gasteiger partial charge in [-0.3, -0.25) is 0 Å². The molecule has 2 atom stereocenters. The molecule has 0 aliphatic heterocycles. The first kappa shape index (κ1) is 11.4. The topological polar surface area (TPSA) is 69.6 Å². The highest BCUT2D eigenvalue weighted by Gasteiger charge is 2.13. The maximum absolute atomic E-state index is 10.2. The van der Waals surface area contributed by atoms with Gasteiger partial charge in [-0.2, -0.15) is 0 Å². The van der Waals surface area contributed by atoms with Gasteiger partial charge in [0, 0.05) is 12.6 Å². The van der Waals surface area contributed by atoms with Crippen molar-refractivity contribution < 1.29 is 15.0 Å². The fourth-order valence-corrected chi connectivity index (χ4v) is 0.935. The van der Waals surface area contributed by atoms with Gasteiger partial charge in [0.25, 0.3) is 0 Å². The van der Waals surface area contributed by atoms with E-state index in [1.165, 1.54) is 0 Å². The zero-order valence-corrected chi connectivity index (χ0v) is 7.58. The highest BCUT2D eigenvalue weighted by molar-refractivity contribution is 5.72. The Labute approximate surface area is 72.6 Å². The van der Waals surface area contributed by atoms with Crippen molar-refractivity contribution in [2.75, 3.05) is 6.54 Å². The Kier molecular flexibility index (Phi) is 5.66. The van der Waals surface area contributed by atoms with Gasteiger partial charge >= 0.3 is 5.97 Å². The molecule has 0 heterocycles. The maximum atomic E-state index is 10.2. The van der Waals surface area contributed by atoms with Crippen molar-refractivity contribution in [2.45, 2.75) is 38.8 Å². The smallest absolute Gasteiger partial charge is 0.333 e. The van der Waals surface area contributed by atoms with Gasteiger partial charge in [0.2, 0.25) is 0 Å². The van der Waals surface area contributed by atoms with E-state index in [0.29, 0.717) is 0 Å². The summed E-state index contributed by atoms with van der Waals surface area (Å²) in [5, 5.41) is 20.2. The summed E-state index contributed by atoms with van der Waals surface area (Å²) in [6.07, 6.45) is 0.758. The summed E-state index contributed by atoms with van der Waals surface area (Å²) >= 11 is 0. The van der Waals surface area contributed by atoms with E-state index in [4.69, 9.17) is 10.2 Å². The molecule has 4 nitrogen and oxygen atoms in total. The van der Waals surface area contributed by atoms with Crippen LogP contribution in [0.15, 0.2) is 0 Å². The van der Waals surface area contributed by atoms with Crippen LogP contribution in [-0.4, -0.2) is 34.9 Å². The second kappa shape index (κ2) is 5.97. The fourth-order valence-electron chi connectivity index (χ4n) is 0.935. The minimum absolute atomic E-state index is 0.122. The SMILES string of the molecule is CCCC(C)NCC(O)C(=O)O. The molecule has 0 radical (unpaired) electrons. The van der Waals surface area contributed by atoms with Gasteiger partial charge in [-0.05, 0) is 13.3 Å². The molecule has 3 N–H and O–H groups in total. The summed E-state index contributed by atoms with van der Waals surface area (Å²) in [7, 11) is 0. The Morgan fingerprint density at radius 2 is 2.17 bits per heavy atom. The standard InChI is InChI=1S/C8H17NO3/c1-3-4-6(2)9-5-7(10)8(11)12/h6-7,9-10H,3-5H2,1-2H3,(H,11,12). The second-order valence-corrected chi connectivity index (χ2v) is 2.95. The lowest BCUT2D eigenvalue weighted by molar-refractivity contribution is -0.146. The molecular formula is C8H17NO3. The van der Waals surface area contributed by atoms with Crippen LogP contribution in [0.1, 0.15) is 26.7 Å². The molecule has 0 aliphatic carbocycles. The lowest BCUT2D eigenvalue weighted by atomic mass is 10.2. The third kappa shape index (κ3) is 5.09. The van der Waals surface area contributed by atoms with Crippen molar-refractivity contribution in [1.82, 2.24) is 5.32 Å². The van der Waals surface area contributed by atoms with Crippen LogP contribution >= 0.6 is 0 Å². The summed E-state index contributed by atoms with van der Waals surface area (Å²) in [5.41, 5.74) is 0. The highest BCUT2D eigenvalue weighted by Crippen LogP contribution is 1.94. The van der Waals surface area contributed by atoms with E-state index in [-0.39, 0.29) is 12.6 Å². The van der Waals surface area contributed by atoms with Crippen molar-refractivity contribution >= 4 is 5.97 Å². The zero-order valence-electron chi connectivity index (χ0n) is 7.58. The molecule has 0 aromatic heterocycles. The Bertz CT molecular complexity index is 138. The monoisotopic (exact) mass is 175 g/mol. The summed E-state index contributed by atoms with van der Waals surface area (Å²) in [6, 6.07) is 0.268. The Balaban J connectivity index is 3.46. The van der Waals surface area contributed by atoms with Crippen LogP contribution in [0.2, 0.25) is 0 Å². The van der Waals surface area contributed by atoms with E-state index in [1.54, 1.807) is 0 Å². The number of aliphatic carboxylic acids is 1. The average Bonchev–Trinajstić information content (AvgIpc) is 2.00. The average molecular weight is 175 g/mol. The molecule has 0 bridgehead atoms. The molecule has 0 fully saturated rings. The number of carbonyl (C=O) groups is 1. The van der Waals surface area contributed by atoms with Gasteiger partial charge in [-0.25, -0.2) is 4.79 Å². The first-order valence-electron chi connectivity index (χ1n) is 4.22. The number of aliphatic hydroxyl groups excluding tert-OH is 1. The highest BCUT2D eigenvalue weighted by atomic mass is 16.4. The number of rotatable bonds is 6.